The van der Waals surface area contributed by atoms with Crippen molar-refractivity contribution in [2.75, 3.05) is 7.11 Å². The zero-order chi connectivity index (χ0) is 10.0. The molecule has 0 N–H and O–H groups in total. The first-order valence-electron chi connectivity index (χ1n) is 3.29. The molecule has 0 bridgehead atoms. The van der Waals surface area contributed by atoms with Crippen molar-refractivity contribution in [2.45, 2.75) is 0 Å². The fraction of sp³-hybridized carbons (Fsp3) is 0.125. The molecule has 0 radical (unpaired) electrons. The quantitative estimate of drug-likeness (QED) is 0.327. The zero-order valence-electron chi connectivity index (χ0n) is 6.61. The summed E-state index contributed by atoms with van der Waals surface area (Å²) in [6.07, 6.45) is 0. The molecule has 0 saturated heterocycles. The Bertz CT molecular complexity index is 326. The average Bonchev–Trinajstić information content (AvgIpc) is 2.12. The molecule has 0 heterocycles. The summed E-state index contributed by atoms with van der Waals surface area (Å²) in [5.41, 5.74) is 0.608. The summed E-state index contributed by atoms with van der Waals surface area (Å²) in [6.45, 7) is 0. The largest absolute Gasteiger partial charge is 0.465 e. The van der Waals surface area contributed by atoms with E-state index in [1.807, 2.05) is 12.1 Å². The van der Waals surface area contributed by atoms with E-state index >= 15 is 0 Å². The van der Waals surface area contributed by atoms with Crippen molar-refractivity contribution < 1.29 is 9.53 Å². The highest BCUT2D eigenvalue weighted by atomic mass is 127. The predicted molar refractivity (Wildman–Crippen MR) is 75.9 cm³/mol. The van der Waals surface area contributed by atoms with Gasteiger partial charge in [0.15, 0.2) is 0 Å². The van der Waals surface area contributed by atoms with E-state index in [-0.39, 0.29) is 5.97 Å². The van der Waals surface area contributed by atoms with Crippen LogP contribution in [0, 0.1) is 10.7 Å². The monoisotopic (exact) mass is 514 g/mol. The molecule has 0 saturated carbocycles. The summed E-state index contributed by atoms with van der Waals surface area (Å²) >= 11 is 6.66. The molecule has 1 aromatic carbocycles. The van der Waals surface area contributed by atoms with E-state index in [0.29, 0.717) is 5.56 Å². The van der Waals surface area contributed by atoms with Crippen LogP contribution >= 0.6 is 67.8 Å². The third-order valence-electron chi connectivity index (χ3n) is 1.40. The van der Waals surface area contributed by atoms with E-state index in [2.05, 4.69) is 72.5 Å². The van der Waals surface area contributed by atoms with Gasteiger partial charge in [-0.25, -0.2) is 4.79 Å². The Morgan fingerprint density at radius 2 is 1.69 bits per heavy atom. The van der Waals surface area contributed by atoms with Gasteiger partial charge in [0.05, 0.1) is 12.7 Å². The van der Waals surface area contributed by atoms with Gasteiger partial charge in [0.2, 0.25) is 0 Å². The second-order valence-electron chi connectivity index (χ2n) is 2.25. The van der Waals surface area contributed by atoms with E-state index in [4.69, 9.17) is 0 Å². The SMILES string of the molecule is COC(=O)c1cc(I)c(I)c(I)c1. The van der Waals surface area contributed by atoms with Crippen molar-refractivity contribution in [1.82, 2.24) is 0 Å². The maximum absolute atomic E-state index is 11.2. The fourth-order valence-corrected chi connectivity index (χ4v) is 2.87. The molecule has 0 aliphatic heterocycles. The highest BCUT2D eigenvalue weighted by Crippen LogP contribution is 2.23. The molecular formula is C8H5I3O2. The Morgan fingerprint density at radius 1 is 1.23 bits per heavy atom. The third kappa shape index (κ3) is 2.91. The van der Waals surface area contributed by atoms with Gasteiger partial charge < -0.3 is 4.74 Å². The van der Waals surface area contributed by atoms with E-state index in [9.17, 15) is 4.79 Å². The Labute approximate surface area is 117 Å². The predicted octanol–water partition coefficient (Wildman–Crippen LogP) is 3.29. The van der Waals surface area contributed by atoms with Gasteiger partial charge in [-0.3, -0.25) is 0 Å². The molecule has 0 atom stereocenters. The molecule has 1 rings (SSSR count). The van der Waals surface area contributed by atoms with Crippen molar-refractivity contribution >= 4 is 73.7 Å². The Morgan fingerprint density at radius 3 is 2.08 bits per heavy atom. The van der Waals surface area contributed by atoms with Crippen LogP contribution in [0.25, 0.3) is 0 Å². The van der Waals surface area contributed by atoms with Crippen LogP contribution in [-0.4, -0.2) is 13.1 Å². The van der Waals surface area contributed by atoms with Crippen LogP contribution in [0.4, 0.5) is 0 Å². The van der Waals surface area contributed by atoms with E-state index in [1.165, 1.54) is 10.7 Å². The second-order valence-corrected chi connectivity index (χ2v) is 5.65. The first-order valence-corrected chi connectivity index (χ1v) is 6.52. The lowest BCUT2D eigenvalue weighted by atomic mass is 10.2. The molecule has 1 aromatic rings. The summed E-state index contributed by atoms with van der Waals surface area (Å²) in [6, 6.07) is 3.66. The number of hydrogen-bond acceptors (Lipinski definition) is 2. The number of carbonyl (C=O) groups is 1. The minimum atomic E-state index is -0.285. The van der Waals surface area contributed by atoms with E-state index in [0.717, 1.165) is 7.14 Å². The minimum Gasteiger partial charge on any atom is -0.465 e. The molecule has 0 aliphatic rings. The summed E-state index contributed by atoms with van der Waals surface area (Å²) in [4.78, 5) is 11.2. The lowest BCUT2D eigenvalue weighted by Gasteiger charge is -2.03. The third-order valence-corrected chi connectivity index (χ3v) is 6.33. The Balaban J connectivity index is 3.20. The van der Waals surface area contributed by atoms with Gasteiger partial charge in [0.25, 0.3) is 0 Å². The van der Waals surface area contributed by atoms with Crippen LogP contribution in [0.2, 0.25) is 0 Å². The summed E-state index contributed by atoms with van der Waals surface area (Å²) in [5.74, 6) is -0.285. The van der Waals surface area contributed by atoms with Gasteiger partial charge in [-0.1, -0.05) is 0 Å². The normalized spacial score (nSPS) is 9.85. The molecule has 70 valence electrons. The molecule has 0 fully saturated rings. The summed E-state index contributed by atoms with van der Waals surface area (Å²) < 4.78 is 7.96. The van der Waals surface area contributed by atoms with Gasteiger partial charge in [-0.05, 0) is 79.9 Å². The van der Waals surface area contributed by atoms with Gasteiger partial charge in [0, 0.05) is 10.7 Å². The zero-order valence-corrected chi connectivity index (χ0v) is 13.1. The lowest BCUT2D eigenvalue weighted by molar-refractivity contribution is 0.0600. The number of esters is 1. The maximum atomic E-state index is 11.2. The summed E-state index contributed by atoms with van der Waals surface area (Å²) in [7, 11) is 1.39. The van der Waals surface area contributed by atoms with Crippen LogP contribution in [-0.2, 0) is 4.74 Å². The molecular weight excluding hydrogens is 509 g/mol. The molecule has 2 nitrogen and oxygen atoms in total. The van der Waals surface area contributed by atoms with Gasteiger partial charge in [-0.15, -0.1) is 0 Å². The number of hydrogen-bond donors (Lipinski definition) is 0. The van der Waals surface area contributed by atoms with Crippen molar-refractivity contribution in [2.24, 2.45) is 0 Å². The van der Waals surface area contributed by atoms with Crippen LogP contribution < -0.4 is 0 Å². The smallest absolute Gasteiger partial charge is 0.337 e. The number of rotatable bonds is 1. The van der Waals surface area contributed by atoms with Crippen LogP contribution in [0.3, 0.4) is 0 Å². The standard InChI is InChI=1S/C8H5I3O2/c1-13-8(12)4-2-5(9)7(11)6(10)3-4/h2-3H,1H3. The molecule has 0 amide bonds. The number of halogens is 3. The molecule has 0 aliphatic carbocycles. The topological polar surface area (TPSA) is 26.3 Å². The van der Waals surface area contributed by atoms with Crippen molar-refractivity contribution in [3.8, 4) is 0 Å². The highest BCUT2D eigenvalue weighted by Gasteiger charge is 2.10. The van der Waals surface area contributed by atoms with Crippen molar-refractivity contribution in [3.05, 3.63) is 28.4 Å². The first kappa shape index (κ1) is 12.0. The molecule has 0 spiro atoms. The maximum Gasteiger partial charge on any atom is 0.337 e. The van der Waals surface area contributed by atoms with E-state index < -0.39 is 0 Å². The molecule has 0 aromatic heterocycles. The van der Waals surface area contributed by atoms with Crippen LogP contribution in [0.15, 0.2) is 12.1 Å². The number of ether oxygens (including phenoxy) is 1. The van der Waals surface area contributed by atoms with Crippen molar-refractivity contribution in [1.29, 1.82) is 0 Å². The number of carbonyl (C=O) groups excluding carboxylic acids is 1. The summed E-state index contributed by atoms with van der Waals surface area (Å²) in [5, 5.41) is 0. The lowest BCUT2D eigenvalue weighted by Crippen LogP contribution is -2.03. The van der Waals surface area contributed by atoms with Gasteiger partial charge >= 0.3 is 5.97 Å². The highest BCUT2D eigenvalue weighted by molar-refractivity contribution is 14.1. The minimum absolute atomic E-state index is 0.285. The number of methoxy groups -OCH3 is 1. The average molecular weight is 514 g/mol. The fourth-order valence-electron chi connectivity index (χ4n) is 0.791. The van der Waals surface area contributed by atoms with Crippen LogP contribution in [0.5, 0.6) is 0 Å². The van der Waals surface area contributed by atoms with Gasteiger partial charge in [0.1, 0.15) is 0 Å². The van der Waals surface area contributed by atoms with Crippen LogP contribution in [0.1, 0.15) is 10.4 Å². The molecule has 13 heavy (non-hydrogen) atoms. The molecule has 0 unspecified atom stereocenters. The van der Waals surface area contributed by atoms with E-state index in [1.54, 1.807) is 0 Å². The first-order chi connectivity index (χ1) is 6.06. The Kier molecular flexibility index (Phi) is 4.69. The molecule has 5 heteroatoms. The Hall–Kier alpha value is 0.880. The number of benzene rings is 1. The van der Waals surface area contributed by atoms with Crippen molar-refractivity contribution in [3.63, 3.8) is 0 Å². The second kappa shape index (κ2) is 5.10. The van der Waals surface area contributed by atoms with Gasteiger partial charge in [-0.2, -0.15) is 0 Å².